The molecule has 1 N–H and O–H groups in total. The van der Waals surface area contributed by atoms with Crippen LogP contribution < -0.4 is 4.72 Å². The number of fused-ring (bicyclic) bond motifs is 1. The second-order valence-corrected chi connectivity index (χ2v) is 8.48. The van der Waals surface area contributed by atoms with Crippen molar-refractivity contribution in [1.82, 2.24) is 9.38 Å². The van der Waals surface area contributed by atoms with E-state index in [-0.39, 0.29) is 5.69 Å². The van der Waals surface area contributed by atoms with Crippen LogP contribution in [0.3, 0.4) is 0 Å². The number of halogens is 3. The Morgan fingerprint density at radius 2 is 1.82 bits per heavy atom. The Kier molecular flexibility index (Phi) is 4.39. The largest absolute Gasteiger partial charge is 0.416 e. The fraction of sp³-hybridized carbons (Fsp3) is 0.0556. The molecule has 4 aromatic rings. The summed E-state index contributed by atoms with van der Waals surface area (Å²) in [5.41, 5.74) is 0.740. The van der Waals surface area contributed by atoms with Gasteiger partial charge in [-0.25, -0.2) is 13.4 Å². The van der Waals surface area contributed by atoms with Gasteiger partial charge in [0.1, 0.15) is 0 Å². The Bertz CT molecular complexity index is 1210. The van der Waals surface area contributed by atoms with Crippen molar-refractivity contribution in [2.45, 2.75) is 11.1 Å². The first-order valence-corrected chi connectivity index (χ1v) is 10.3. The lowest BCUT2D eigenvalue weighted by molar-refractivity contribution is -0.137. The average Bonchev–Trinajstić information content (AvgIpc) is 3.23. The van der Waals surface area contributed by atoms with Crippen LogP contribution in [0.5, 0.6) is 0 Å². The molecule has 0 unspecified atom stereocenters. The predicted octanol–water partition coefficient (Wildman–Crippen LogP) is 4.88. The van der Waals surface area contributed by atoms with Gasteiger partial charge in [0, 0.05) is 29.0 Å². The van der Waals surface area contributed by atoms with Gasteiger partial charge in [-0.2, -0.15) is 13.2 Å². The lowest BCUT2D eigenvalue weighted by atomic mass is 10.1. The molecule has 2 aromatic heterocycles. The molecule has 2 heterocycles. The van der Waals surface area contributed by atoms with Crippen LogP contribution in [0.15, 0.2) is 71.2 Å². The van der Waals surface area contributed by atoms with E-state index >= 15 is 0 Å². The first-order chi connectivity index (χ1) is 13.2. The van der Waals surface area contributed by atoms with Crippen molar-refractivity contribution in [2.24, 2.45) is 0 Å². The van der Waals surface area contributed by atoms with Gasteiger partial charge in [-0.3, -0.25) is 9.12 Å². The Balaban J connectivity index is 1.57. The summed E-state index contributed by atoms with van der Waals surface area (Å²) in [6.07, 6.45) is -0.882. The molecule has 0 fully saturated rings. The van der Waals surface area contributed by atoms with E-state index in [2.05, 4.69) is 9.71 Å². The molecule has 0 aliphatic heterocycles. The zero-order valence-corrected chi connectivity index (χ0v) is 15.6. The molecule has 0 saturated carbocycles. The van der Waals surface area contributed by atoms with Crippen LogP contribution in [-0.2, 0) is 16.2 Å². The number of imidazole rings is 1. The highest BCUT2D eigenvalue weighted by atomic mass is 32.2. The fourth-order valence-electron chi connectivity index (χ4n) is 2.63. The third-order valence-electron chi connectivity index (χ3n) is 4.00. The summed E-state index contributed by atoms with van der Waals surface area (Å²) in [5, 5.41) is 1.91. The molecule has 144 valence electrons. The highest BCUT2D eigenvalue weighted by molar-refractivity contribution is 7.92. The van der Waals surface area contributed by atoms with E-state index in [1.165, 1.54) is 23.5 Å². The second-order valence-electron chi connectivity index (χ2n) is 5.93. The summed E-state index contributed by atoms with van der Waals surface area (Å²) in [7, 11) is -4.15. The summed E-state index contributed by atoms with van der Waals surface area (Å²) in [6.45, 7) is 0. The van der Waals surface area contributed by atoms with Gasteiger partial charge in [0.2, 0.25) is 0 Å². The molecule has 0 saturated heterocycles. The first kappa shape index (κ1) is 18.5. The molecule has 0 atom stereocenters. The Morgan fingerprint density at radius 1 is 1.07 bits per heavy atom. The first-order valence-electron chi connectivity index (χ1n) is 7.95. The van der Waals surface area contributed by atoms with E-state index in [4.69, 9.17) is 0 Å². The summed E-state index contributed by atoms with van der Waals surface area (Å²) in [6, 6.07) is 10.1. The zero-order valence-electron chi connectivity index (χ0n) is 14.0. The lowest BCUT2D eigenvalue weighted by Gasteiger charge is -2.11. The van der Waals surface area contributed by atoms with Gasteiger partial charge in [-0.05, 0) is 30.3 Å². The number of hydrogen-bond donors (Lipinski definition) is 1. The number of anilines is 1. The molecule has 5 nitrogen and oxygen atoms in total. The number of benzene rings is 2. The molecule has 2 aromatic carbocycles. The van der Waals surface area contributed by atoms with E-state index in [1.807, 2.05) is 22.2 Å². The molecule has 0 aliphatic carbocycles. The maximum atomic E-state index is 12.8. The zero-order chi connectivity index (χ0) is 19.9. The number of aromatic nitrogens is 2. The molecule has 0 spiro atoms. The van der Waals surface area contributed by atoms with E-state index < -0.39 is 26.7 Å². The Labute approximate surface area is 162 Å². The summed E-state index contributed by atoms with van der Waals surface area (Å²) < 4.78 is 67.5. The maximum absolute atomic E-state index is 12.8. The topological polar surface area (TPSA) is 63.5 Å². The number of hydrogen-bond acceptors (Lipinski definition) is 4. The van der Waals surface area contributed by atoms with Crippen molar-refractivity contribution in [3.8, 4) is 11.3 Å². The normalized spacial score (nSPS) is 12.4. The molecule has 10 heteroatoms. The van der Waals surface area contributed by atoms with Crippen LogP contribution in [0.25, 0.3) is 16.2 Å². The van der Waals surface area contributed by atoms with Gasteiger partial charge in [0.05, 0.1) is 16.2 Å². The smallest absolute Gasteiger partial charge is 0.297 e. The number of rotatable bonds is 4. The van der Waals surface area contributed by atoms with Crippen molar-refractivity contribution >= 4 is 32.0 Å². The van der Waals surface area contributed by atoms with Gasteiger partial charge in [-0.15, -0.1) is 11.3 Å². The number of thiazole rings is 1. The molecule has 28 heavy (non-hydrogen) atoms. The van der Waals surface area contributed by atoms with Gasteiger partial charge in [0.15, 0.2) is 4.96 Å². The molecule has 4 rings (SSSR count). The van der Waals surface area contributed by atoms with E-state index in [9.17, 15) is 21.6 Å². The number of sulfonamides is 1. The Morgan fingerprint density at radius 3 is 2.50 bits per heavy atom. The quantitative estimate of drug-likeness (QED) is 0.509. The highest BCUT2D eigenvalue weighted by Crippen LogP contribution is 2.31. The minimum Gasteiger partial charge on any atom is -0.297 e. The molecule has 0 aliphatic rings. The molecular formula is C18H12F3N3O2S2. The van der Waals surface area contributed by atoms with Gasteiger partial charge >= 0.3 is 6.18 Å². The average molecular weight is 423 g/mol. The van der Waals surface area contributed by atoms with Crippen LogP contribution in [-0.4, -0.2) is 17.8 Å². The SMILES string of the molecule is O=S(=O)(Nc1ccc(-c2cn3ccsc3n2)cc1)c1cccc(C(F)(F)F)c1. The fourth-order valence-corrected chi connectivity index (χ4v) is 4.43. The van der Waals surface area contributed by atoms with Crippen LogP contribution in [0.2, 0.25) is 0 Å². The van der Waals surface area contributed by atoms with Crippen LogP contribution in [0, 0.1) is 0 Å². The predicted molar refractivity (Wildman–Crippen MR) is 101 cm³/mol. The molecule has 0 bridgehead atoms. The monoisotopic (exact) mass is 423 g/mol. The lowest BCUT2D eigenvalue weighted by Crippen LogP contribution is -2.14. The van der Waals surface area contributed by atoms with Gasteiger partial charge < -0.3 is 0 Å². The van der Waals surface area contributed by atoms with E-state index in [1.54, 1.807) is 12.1 Å². The van der Waals surface area contributed by atoms with Gasteiger partial charge in [0.25, 0.3) is 10.0 Å². The number of nitrogens with one attached hydrogen (secondary N) is 1. The van der Waals surface area contributed by atoms with Crippen LogP contribution >= 0.6 is 11.3 Å². The maximum Gasteiger partial charge on any atom is 0.416 e. The summed E-state index contributed by atoms with van der Waals surface area (Å²) in [5.74, 6) is 0. The van der Waals surface area contributed by atoms with Crippen LogP contribution in [0.1, 0.15) is 5.56 Å². The van der Waals surface area contributed by atoms with Crippen molar-refractivity contribution in [2.75, 3.05) is 4.72 Å². The standard InChI is InChI=1S/C18H12F3N3O2S2/c19-18(20,21)13-2-1-3-15(10-13)28(25,26)23-14-6-4-12(5-7-14)16-11-24-8-9-27-17(24)22-16/h1-11,23H. The van der Waals surface area contributed by atoms with Crippen LogP contribution in [0.4, 0.5) is 18.9 Å². The van der Waals surface area contributed by atoms with E-state index in [0.717, 1.165) is 34.4 Å². The number of nitrogens with zero attached hydrogens (tertiary/aromatic N) is 2. The molecule has 0 radical (unpaired) electrons. The highest BCUT2D eigenvalue weighted by Gasteiger charge is 2.31. The van der Waals surface area contributed by atoms with Crippen molar-refractivity contribution < 1.29 is 21.6 Å². The minimum absolute atomic E-state index is 0.238. The van der Waals surface area contributed by atoms with Crippen molar-refractivity contribution in [3.63, 3.8) is 0 Å². The van der Waals surface area contributed by atoms with Crippen molar-refractivity contribution in [1.29, 1.82) is 0 Å². The Hall–Kier alpha value is -2.85. The molecular weight excluding hydrogens is 411 g/mol. The summed E-state index contributed by atoms with van der Waals surface area (Å²) >= 11 is 1.49. The third kappa shape index (κ3) is 3.60. The van der Waals surface area contributed by atoms with Crippen molar-refractivity contribution in [3.05, 3.63) is 71.9 Å². The minimum atomic E-state index is -4.62. The molecule has 0 amide bonds. The third-order valence-corrected chi connectivity index (χ3v) is 6.15. The second kappa shape index (κ2) is 6.64. The van der Waals surface area contributed by atoms with E-state index in [0.29, 0.717) is 6.07 Å². The number of alkyl halides is 3. The van der Waals surface area contributed by atoms with Gasteiger partial charge in [-0.1, -0.05) is 18.2 Å². The summed E-state index contributed by atoms with van der Waals surface area (Å²) in [4.78, 5) is 4.84.